The second kappa shape index (κ2) is 5.31. The maximum Gasteiger partial charge on any atom is 0.213 e. The molecule has 1 aliphatic rings. The van der Waals surface area contributed by atoms with Crippen molar-refractivity contribution >= 4 is 40.5 Å². The number of halogens is 2. The standard InChI is InChI=1S/C15H8Cl2N2O2/c16-8-1-3-9(4-2-8)19-13-12(17)14(20)10-5-6-18-7-11(10)15(13)21/h1-7,19H. The van der Waals surface area contributed by atoms with Gasteiger partial charge in [0.15, 0.2) is 0 Å². The van der Waals surface area contributed by atoms with E-state index in [4.69, 9.17) is 23.2 Å². The average Bonchev–Trinajstić information content (AvgIpc) is 2.51. The summed E-state index contributed by atoms with van der Waals surface area (Å²) in [7, 11) is 0. The van der Waals surface area contributed by atoms with Gasteiger partial charge in [0.1, 0.15) is 10.7 Å². The van der Waals surface area contributed by atoms with E-state index < -0.39 is 5.78 Å². The molecule has 1 heterocycles. The molecule has 0 aliphatic heterocycles. The molecule has 104 valence electrons. The molecule has 21 heavy (non-hydrogen) atoms. The van der Waals surface area contributed by atoms with E-state index in [0.29, 0.717) is 10.7 Å². The summed E-state index contributed by atoms with van der Waals surface area (Å²) in [5, 5.41) is 3.31. The largest absolute Gasteiger partial charge is 0.351 e. The van der Waals surface area contributed by atoms with Crippen LogP contribution in [0.5, 0.6) is 0 Å². The number of carbonyl (C=O) groups is 2. The van der Waals surface area contributed by atoms with E-state index in [2.05, 4.69) is 10.3 Å². The number of nitrogens with zero attached hydrogens (tertiary/aromatic N) is 1. The van der Waals surface area contributed by atoms with Crippen LogP contribution in [0.25, 0.3) is 0 Å². The van der Waals surface area contributed by atoms with Crippen LogP contribution in [0.3, 0.4) is 0 Å². The SMILES string of the molecule is O=C1C(Cl)=C(Nc2ccc(Cl)cc2)C(=O)c2cnccc21. The number of ketones is 2. The lowest BCUT2D eigenvalue weighted by atomic mass is 9.94. The Morgan fingerprint density at radius 2 is 1.62 bits per heavy atom. The van der Waals surface area contributed by atoms with Crippen LogP contribution in [0.15, 0.2) is 53.5 Å². The molecule has 0 spiro atoms. The number of hydrogen-bond acceptors (Lipinski definition) is 4. The summed E-state index contributed by atoms with van der Waals surface area (Å²) < 4.78 is 0. The lowest BCUT2D eigenvalue weighted by molar-refractivity contribution is 0.0981. The van der Waals surface area contributed by atoms with Crippen molar-refractivity contribution in [2.45, 2.75) is 0 Å². The Hall–Kier alpha value is -2.17. The normalized spacial score (nSPS) is 14.2. The Morgan fingerprint density at radius 1 is 0.905 bits per heavy atom. The van der Waals surface area contributed by atoms with Gasteiger partial charge in [0, 0.05) is 28.7 Å². The molecule has 1 aliphatic carbocycles. The number of anilines is 1. The van der Waals surface area contributed by atoms with Gasteiger partial charge in [0.25, 0.3) is 0 Å². The summed E-state index contributed by atoms with van der Waals surface area (Å²) in [6, 6.07) is 8.20. The Kier molecular flexibility index (Phi) is 3.49. The van der Waals surface area contributed by atoms with Gasteiger partial charge in [-0.05, 0) is 30.3 Å². The summed E-state index contributed by atoms with van der Waals surface area (Å²) in [6.07, 6.45) is 2.81. The average molecular weight is 319 g/mol. The Morgan fingerprint density at radius 3 is 2.33 bits per heavy atom. The molecule has 0 saturated heterocycles. The highest BCUT2D eigenvalue weighted by molar-refractivity contribution is 6.50. The van der Waals surface area contributed by atoms with Crippen LogP contribution in [-0.2, 0) is 0 Å². The third kappa shape index (κ3) is 2.44. The van der Waals surface area contributed by atoms with Crippen LogP contribution in [0, 0.1) is 0 Å². The van der Waals surface area contributed by atoms with E-state index in [0.717, 1.165) is 0 Å². The van der Waals surface area contributed by atoms with Crippen LogP contribution < -0.4 is 5.32 Å². The highest BCUT2D eigenvalue weighted by Crippen LogP contribution is 2.29. The zero-order valence-electron chi connectivity index (χ0n) is 10.6. The van der Waals surface area contributed by atoms with Crippen LogP contribution in [0.4, 0.5) is 5.69 Å². The fourth-order valence-corrected chi connectivity index (χ4v) is 2.39. The van der Waals surface area contributed by atoms with Gasteiger partial charge in [-0.1, -0.05) is 23.2 Å². The van der Waals surface area contributed by atoms with Crippen molar-refractivity contribution in [3.8, 4) is 0 Å². The molecule has 0 atom stereocenters. The second-order valence-corrected chi connectivity index (χ2v) is 5.21. The number of allylic oxidation sites excluding steroid dienone is 2. The van der Waals surface area contributed by atoms with Crippen molar-refractivity contribution in [1.29, 1.82) is 0 Å². The first-order valence-electron chi connectivity index (χ1n) is 6.03. The quantitative estimate of drug-likeness (QED) is 0.917. The molecule has 1 N–H and O–H groups in total. The molecule has 4 nitrogen and oxygen atoms in total. The maximum atomic E-state index is 12.4. The summed E-state index contributed by atoms with van der Waals surface area (Å²) >= 11 is 11.8. The predicted molar refractivity (Wildman–Crippen MR) is 80.9 cm³/mol. The molecule has 0 saturated carbocycles. The molecular formula is C15H8Cl2N2O2. The van der Waals surface area contributed by atoms with Crippen molar-refractivity contribution < 1.29 is 9.59 Å². The van der Waals surface area contributed by atoms with Gasteiger partial charge in [0.2, 0.25) is 11.6 Å². The minimum Gasteiger partial charge on any atom is -0.351 e. The highest BCUT2D eigenvalue weighted by atomic mass is 35.5. The molecule has 1 aromatic carbocycles. The Bertz CT molecular complexity index is 783. The van der Waals surface area contributed by atoms with Crippen LogP contribution in [0.1, 0.15) is 20.7 Å². The van der Waals surface area contributed by atoms with E-state index >= 15 is 0 Å². The second-order valence-electron chi connectivity index (χ2n) is 4.40. The topological polar surface area (TPSA) is 59.1 Å². The highest BCUT2D eigenvalue weighted by Gasteiger charge is 2.31. The molecule has 0 radical (unpaired) electrons. The van der Waals surface area contributed by atoms with Crippen LogP contribution in [-0.4, -0.2) is 16.6 Å². The number of hydrogen-bond donors (Lipinski definition) is 1. The van der Waals surface area contributed by atoms with Crippen LogP contribution >= 0.6 is 23.2 Å². The van der Waals surface area contributed by atoms with E-state index in [1.54, 1.807) is 24.3 Å². The van der Waals surface area contributed by atoms with Crippen molar-refractivity contribution in [2.75, 3.05) is 5.32 Å². The fraction of sp³-hybridized carbons (Fsp3) is 0. The minimum atomic E-state index is -0.398. The number of nitrogens with one attached hydrogen (secondary N) is 1. The van der Waals surface area contributed by atoms with Gasteiger partial charge >= 0.3 is 0 Å². The molecule has 0 fully saturated rings. The van der Waals surface area contributed by atoms with E-state index in [-0.39, 0.29) is 27.6 Å². The Labute approximate surface area is 130 Å². The molecule has 0 amide bonds. The third-order valence-corrected chi connectivity index (χ3v) is 3.68. The number of carbonyl (C=O) groups excluding carboxylic acids is 2. The van der Waals surface area contributed by atoms with E-state index in [1.165, 1.54) is 18.5 Å². The zero-order chi connectivity index (χ0) is 15.0. The molecule has 3 rings (SSSR count). The number of aromatic nitrogens is 1. The maximum absolute atomic E-state index is 12.4. The van der Waals surface area contributed by atoms with Crippen LogP contribution in [0.2, 0.25) is 5.02 Å². The number of benzene rings is 1. The first-order valence-corrected chi connectivity index (χ1v) is 6.79. The first kappa shape index (κ1) is 13.8. The van der Waals surface area contributed by atoms with E-state index in [9.17, 15) is 9.59 Å². The third-order valence-electron chi connectivity index (χ3n) is 3.07. The number of Topliss-reactive ketones (excluding diaryl/α,β-unsaturated/α-hetero) is 2. The predicted octanol–water partition coefficient (Wildman–Crippen LogP) is 3.68. The van der Waals surface area contributed by atoms with E-state index in [1.807, 2.05) is 0 Å². The molecule has 6 heteroatoms. The summed E-state index contributed by atoms with van der Waals surface area (Å²) in [4.78, 5) is 28.5. The van der Waals surface area contributed by atoms with Crippen molar-refractivity contribution in [1.82, 2.24) is 4.98 Å². The van der Waals surface area contributed by atoms with Gasteiger partial charge < -0.3 is 5.32 Å². The minimum absolute atomic E-state index is 0.0458. The van der Waals surface area contributed by atoms with Crippen molar-refractivity contribution in [3.63, 3.8) is 0 Å². The van der Waals surface area contributed by atoms with Gasteiger partial charge in [-0.2, -0.15) is 0 Å². The smallest absolute Gasteiger partial charge is 0.213 e. The summed E-state index contributed by atoms with van der Waals surface area (Å²) in [5.41, 5.74) is 1.16. The first-order chi connectivity index (χ1) is 10.1. The lowest BCUT2D eigenvalue weighted by Crippen LogP contribution is -2.24. The van der Waals surface area contributed by atoms with Gasteiger partial charge in [-0.3, -0.25) is 14.6 Å². The summed E-state index contributed by atoms with van der Waals surface area (Å²) in [5.74, 6) is -0.761. The molecule has 0 unspecified atom stereocenters. The molecule has 1 aromatic heterocycles. The van der Waals surface area contributed by atoms with Crippen molar-refractivity contribution in [3.05, 3.63) is 69.6 Å². The van der Waals surface area contributed by atoms with Gasteiger partial charge in [-0.25, -0.2) is 0 Å². The van der Waals surface area contributed by atoms with Gasteiger partial charge in [0.05, 0.1) is 5.56 Å². The Balaban J connectivity index is 2.02. The number of fused-ring (bicyclic) bond motifs is 1. The molecule has 2 aromatic rings. The molecule has 0 bridgehead atoms. The lowest BCUT2D eigenvalue weighted by Gasteiger charge is -2.18. The number of pyridine rings is 1. The molecular weight excluding hydrogens is 311 g/mol. The monoisotopic (exact) mass is 318 g/mol. The zero-order valence-corrected chi connectivity index (χ0v) is 12.1. The fourth-order valence-electron chi connectivity index (χ4n) is 2.03. The summed E-state index contributed by atoms with van der Waals surface area (Å²) in [6.45, 7) is 0. The van der Waals surface area contributed by atoms with Gasteiger partial charge in [-0.15, -0.1) is 0 Å². The van der Waals surface area contributed by atoms with Crippen molar-refractivity contribution in [2.24, 2.45) is 0 Å². The number of rotatable bonds is 2.